The van der Waals surface area contributed by atoms with Crippen LogP contribution in [0.3, 0.4) is 0 Å². The summed E-state index contributed by atoms with van der Waals surface area (Å²) in [5.41, 5.74) is 9.57. The van der Waals surface area contributed by atoms with Crippen LogP contribution >= 0.6 is 23.2 Å². The zero-order chi connectivity index (χ0) is 14.5. The molecule has 0 amide bonds. The summed E-state index contributed by atoms with van der Waals surface area (Å²) in [6.45, 7) is 2.75. The molecule has 2 rings (SSSR count). The van der Waals surface area contributed by atoms with Gasteiger partial charge in [0, 0.05) is 10.0 Å². The first-order valence-corrected chi connectivity index (χ1v) is 7.55. The molecule has 0 fully saturated rings. The molecule has 0 radical (unpaired) electrons. The molecule has 2 aromatic rings. The third-order valence-electron chi connectivity index (χ3n) is 3.66. The molecule has 0 aliphatic rings. The smallest absolute Gasteiger partial charge is 0.0452 e. The summed E-state index contributed by atoms with van der Waals surface area (Å²) in [6.07, 6.45) is 1.76. The Labute approximate surface area is 130 Å². The van der Waals surface area contributed by atoms with Gasteiger partial charge in [-0.15, -0.1) is 0 Å². The summed E-state index contributed by atoms with van der Waals surface area (Å²) < 4.78 is 0. The molecule has 2 N–H and O–H groups in total. The van der Waals surface area contributed by atoms with Gasteiger partial charge in [-0.2, -0.15) is 0 Å². The van der Waals surface area contributed by atoms with Gasteiger partial charge in [0.15, 0.2) is 0 Å². The van der Waals surface area contributed by atoms with Crippen LogP contribution in [0.15, 0.2) is 42.5 Å². The Morgan fingerprint density at radius 2 is 1.60 bits per heavy atom. The number of halogens is 2. The minimum atomic E-state index is 0.341. The van der Waals surface area contributed by atoms with Gasteiger partial charge < -0.3 is 5.73 Å². The van der Waals surface area contributed by atoms with Crippen LogP contribution in [0.1, 0.15) is 16.7 Å². The van der Waals surface area contributed by atoms with Gasteiger partial charge in [-0.25, -0.2) is 0 Å². The van der Waals surface area contributed by atoms with E-state index in [0.29, 0.717) is 12.5 Å². The van der Waals surface area contributed by atoms with Crippen molar-refractivity contribution < 1.29 is 0 Å². The number of rotatable bonds is 5. The number of hydrogen-bond acceptors (Lipinski definition) is 1. The van der Waals surface area contributed by atoms with Crippen molar-refractivity contribution in [1.82, 2.24) is 0 Å². The largest absolute Gasteiger partial charge is 0.330 e. The van der Waals surface area contributed by atoms with Gasteiger partial charge in [-0.05, 0) is 61.1 Å². The highest BCUT2D eigenvalue weighted by Gasteiger charge is 2.14. The van der Waals surface area contributed by atoms with Crippen LogP contribution < -0.4 is 5.73 Å². The monoisotopic (exact) mass is 307 g/mol. The first-order chi connectivity index (χ1) is 9.61. The molecule has 0 saturated carbocycles. The van der Waals surface area contributed by atoms with Crippen molar-refractivity contribution in [3.63, 3.8) is 0 Å². The van der Waals surface area contributed by atoms with Crippen molar-refractivity contribution >= 4 is 23.2 Å². The highest BCUT2D eigenvalue weighted by atomic mass is 35.5. The van der Waals surface area contributed by atoms with Crippen LogP contribution in [0, 0.1) is 12.8 Å². The van der Waals surface area contributed by atoms with Gasteiger partial charge in [0.1, 0.15) is 0 Å². The molecular weight excluding hydrogens is 289 g/mol. The van der Waals surface area contributed by atoms with E-state index >= 15 is 0 Å². The summed E-state index contributed by atoms with van der Waals surface area (Å²) in [5.74, 6) is 0.341. The predicted octanol–water partition coefficient (Wildman–Crippen LogP) is 4.66. The lowest BCUT2D eigenvalue weighted by Gasteiger charge is -2.18. The second-order valence-corrected chi connectivity index (χ2v) is 5.95. The molecule has 1 nitrogen and oxygen atoms in total. The van der Waals surface area contributed by atoms with Gasteiger partial charge in [-0.1, -0.05) is 53.5 Å². The van der Waals surface area contributed by atoms with Gasteiger partial charge >= 0.3 is 0 Å². The fourth-order valence-corrected chi connectivity index (χ4v) is 2.96. The molecule has 0 heterocycles. The summed E-state index contributed by atoms with van der Waals surface area (Å²) in [5, 5.41) is 1.45. The van der Waals surface area contributed by atoms with E-state index in [1.54, 1.807) is 0 Å². The predicted molar refractivity (Wildman–Crippen MR) is 87.6 cm³/mol. The normalized spacial score (nSPS) is 12.4. The molecule has 106 valence electrons. The fourth-order valence-electron chi connectivity index (χ4n) is 2.40. The Kier molecular flexibility index (Phi) is 5.47. The molecule has 3 heteroatoms. The van der Waals surface area contributed by atoms with E-state index in [1.165, 1.54) is 11.1 Å². The van der Waals surface area contributed by atoms with E-state index in [4.69, 9.17) is 28.9 Å². The van der Waals surface area contributed by atoms with Crippen molar-refractivity contribution in [2.45, 2.75) is 19.8 Å². The first kappa shape index (κ1) is 15.4. The van der Waals surface area contributed by atoms with Gasteiger partial charge in [-0.3, -0.25) is 0 Å². The van der Waals surface area contributed by atoms with Crippen molar-refractivity contribution in [3.05, 3.63) is 69.2 Å². The molecule has 0 aliphatic heterocycles. The highest BCUT2D eigenvalue weighted by Crippen LogP contribution is 2.28. The maximum absolute atomic E-state index is 6.24. The van der Waals surface area contributed by atoms with E-state index in [2.05, 4.69) is 31.2 Å². The van der Waals surface area contributed by atoms with E-state index in [9.17, 15) is 0 Å². The van der Waals surface area contributed by atoms with Gasteiger partial charge in [0.05, 0.1) is 0 Å². The standard InChI is InChI=1S/C17H19Cl2N/c1-12-5-2-3-6-14(12)9-13(11-20)10-15-16(18)7-4-8-17(15)19/h2-8,13H,9-11,20H2,1H3. The lowest BCUT2D eigenvalue weighted by atomic mass is 9.91. The van der Waals surface area contributed by atoms with Crippen LogP contribution in [0.2, 0.25) is 10.0 Å². The van der Waals surface area contributed by atoms with Crippen LogP contribution in [-0.2, 0) is 12.8 Å². The number of nitrogens with two attached hydrogens (primary N) is 1. The van der Waals surface area contributed by atoms with E-state index < -0.39 is 0 Å². The molecule has 0 aliphatic carbocycles. The van der Waals surface area contributed by atoms with Crippen molar-refractivity contribution in [1.29, 1.82) is 0 Å². The summed E-state index contributed by atoms with van der Waals surface area (Å²) >= 11 is 12.5. The molecule has 1 atom stereocenters. The number of hydrogen-bond donors (Lipinski definition) is 1. The molecule has 0 bridgehead atoms. The quantitative estimate of drug-likeness (QED) is 0.854. The van der Waals surface area contributed by atoms with Crippen LogP contribution in [0.25, 0.3) is 0 Å². The molecule has 1 unspecified atom stereocenters. The van der Waals surface area contributed by atoms with Crippen molar-refractivity contribution in [3.8, 4) is 0 Å². The second kappa shape index (κ2) is 7.12. The summed E-state index contributed by atoms with van der Waals surface area (Å²) in [7, 11) is 0. The second-order valence-electron chi connectivity index (χ2n) is 5.14. The Morgan fingerprint density at radius 3 is 2.20 bits per heavy atom. The third kappa shape index (κ3) is 3.76. The fraction of sp³-hybridized carbons (Fsp3) is 0.294. The SMILES string of the molecule is Cc1ccccc1CC(CN)Cc1c(Cl)cccc1Cl. The van der Waals surface area contributed by atoms with Crippen LogP contribution in [0.5, 0.6) is 0 Å². The number of aryl methyl sites for hydroxylation is 1. The van der Waals surface area contributed by atoms with E-state index in [0.717, 1.165) is 28.5 Å². The topological polar surface area (TPSA) is 26.0 Å². The lowest BCUT2D eigenvalue weighted by Crippen LogP contribution is -2.20. The maximum Gasteiger partial charge on any atom is 0.0452 e. The highest BCUT2D eigenvalue weighted by molar-refractivity contribution is 6.35. The Balaban J connectivity index is 2.16. The molecular formula is C17H19Cl2N. The molecule has 0 spiro atoms. The molecule has 0 aromatic heterocycles. The minimum Gasteiger partial charge on any atom is -0.330 e. The first-order valence-electron chi connectivity index (χ1n) is 6.79. The van der Waals surface area contributed by atoms with Gasteiger partial charge in [0.25, 0.3) is 0 Å². The van der Waals surface area contributed by atoms with Crippen molar-refractivity contribution in [2.75, 3.05) is 6.54 Å². The van der Waals surface area contributed by atoms with E-state index in [-0.39, 0.29) is 0 Å². The molecule has 0 saturated heterocycles. The maximum atomic E-state index is 6.24. The van der Waals surface area contributed by atoms with Crippen LogP contribution in [0.4, 0.5) is 0 Å². The zero-order valence-corrected chi connectivity index (χ0v) is 13.1. The third-order valence-corrected chi connectivity index (χ3v) is 4.37. The minimum absolute atomic E-state index is 0.341. The average molecular weight is 308 g/mol. The summed E-state index contributed by atoms with van der Waals surface area (Å²) in [6, 6.07) is 14.0. The number of benzene rings is 2. The Morgan fingerprint density at radius 1 is 0.950 bits per heavy atom. The zero-order valence-electron chi connectivity index (χ0n) is 11.6. The Hall–Kier alpha value is -1.02. The van der Waals surface area contributed by atoms with Crippen molar-refractivity contribution in [2.24, 2.45) is 11.7 Å². The molecule has 20 heavy (non-hydrogen) atoms. The van der Waals surface area contributed by atoms with Crippen LogP contribution in [-0.4, -0.2) is 6.54 Å². The molecule has 2 aromatic carbocycles. The lowest BCUT2D eigenvalue weighted by molar-refractivity contribution is 0.532. The summed E-state index contributed by atoms with van der Waals surface area (Å²) in [4.78, 5) is 0. The Bertz CT molecular complexity index is 561. The average Bonchev–Trinajstić information content (AvgIpc) is 2.44. The van der Waals surface area contributed by atoms with E-state index in [1.807, 2.05) is 18.2 Å². The van der Waals surface area contributed by atoms with Gasteiger partial charge in [0.2, 0.25) is 0 Å².